The van der Waals surface area contributed by atoms with Crippen molar-refractivity contribution in [1.29, 1.82) is 0 Å². The van der Waals surface area contributed by atoms with Crippen LogP contribution in [0, 0.1) is 10.1 Å². The summed E-state index contributed by atoms with van der Waals surface area (Å²) in [7, 11) is -2.16. The Kier molecular flexibility index (Phi) is 6.32. The number of carbonyl (C=O) groups is 1. The largest absolute Gasteiger partial charge is 0.497 e. The number of fused-ring (bicyclic) bond motifs is 1. The van der Waals surface area contributed by atoms with Crippen molar-refractivity contribution in [3.05, 3.63) is 57.4 Å². The monoisotopic (exact) mass is 449 g/mol. The first-order valence-electron chi connectivity index (χ1n) is 8.97. The van der Waals surface area contributed by atoms with Crippen molar-refractivity contribution < 1.29 is 22.9 Å². The van der Waals surface area contributed by atoms with Gasteiger partial charge in [0, 0.05) is 25.1 Å². The number of non-ortho nitro benzene ring substituents is 1. The lowest BCUT2D eigenvalue weighted by atomic mass is 10.3. The van der Waals surface area contributed by atoms with E-state index in [9.17, 15) is 23.3 Å². The van der Waals surface area contributed by atoms with Crippen molar-refractivity contribution in [2.75, 3.05) is 12.9 Å². The fourth-order valence-electron chi connectivity index (χ4n) is 2.85. The summed E-state index contributed by atoms with van der Waals surface area (Å²) in [4.78, 5) is 27.4. The Balaban J connectivity index is 1.83. The van der Waals surface area contributed by atoms with Gasteiger partial charge >= 0.3 is 0 Å². The number of nitrogens with zero attached hydrogens (tertiary/aromatic N) is 3. The fraction of sp³-hybridized carbons (Fsp3) is 0.263. The lowest BCUT2D eigenvalue weighted by Crippen LogP contribution is -2.17. The predicted molar refractivity (Wildman–Crippen MR) is 112 cm³/mol. The van der Waals surface area contributed by atoms with Gasteiger partial charge in [0.1, 0.15) is 5.75 Å². The average molecular weight is 450 g/mol. The second kappa shape index (κ2) is 8.76. The lowest BCUT2D eigenvalue weighted by Gasteiger charge is -2.04. The highest BCUT2D eigenvalue weighted by atomic mass is 32.2. The van der Waals surface area contributed by atoms with Crippen LogP contribution in [0.25, 0.3) is 10.2 Å². The van der Waals surface area contributed by atoms with Gasteiger partial charge in [-0.15, -0.1) is 0 Å². The predicted octanol–water partition coefficient (Wildman–Crippen LogP) is 2.93. The van der Waals surface area contributed by atoms with Gasteiger partial charge in [-0.3, -0.25) is 14.9 Å². The first-order valence-corrected chi connectivity index (χ1v) is 11.4. The summed E-state index contributed by atoms with van der Waals surface area (Å²) in [5.41, 5.74) is 0.681. The number of sulfone groups is 1. The summed E-state index contributed by atoms with van der Waals surface area (Å²) >= 11 is 1.15. The molecule has 0 atom stereocenters. The van der Waals surface area contributed by atoms with Gasteiger partial charge in [0.25, 0.3) is 5.69 Å². The number of nitro benzene ring substituents is 1. The van der Waals surface area contributed by atoms with Crippen molar-refractivity contribution in [1.82, 2.24) is 4.57 Å². The third kappa shape index (κ3) is 4.57. The van der Waals surface area contributed by atoms with Crippen LogP contribution in [0.15, 0.2) is 52.4 Å². The van der Waals surface area contributed by atoms with Gasteiger partial charge in [0.2, 0.25) is 5.91 Å². The smallest absolute Gasteiger partial charge is 0.270 e. The Bertz CT molecular complexity index is 1270. The number of aromatic nitrogens is 1. The molecule has 1 heterocycles. The molecule has 11 heteroatoms. The van der Waals surface area contributed by atoms with Crippen molar-refractivity contribution >= 4 is 43.0 Å². The fourth-order valence-corrected chi connectivity index (χ4v) is 5.23. The summed E-state index contributed by atoms with van der Waals surface area (Å²) in [5.74, 6) is -0.408. The molecule has 0 radical (unpaired) electrons. The molecule has 0 bridgehead atoms. The van der Waals surface area contributed by atoms with E-state index in [1.165, 1.54) is 31.4 Å². The van der Waals surface area contributed by atoms with E-state index in [1.807, 2.05) is 6.92 Å². The molecule has 158 valence electrons. The first-order chi connectivity index (χ1) is 14.2. The summed E-state index contributed by atoms with van der Waals surface area (Å²) in [6.45, 7) is 2.37. The molecular weight excluding hydrogens is 430 g/mol. The summed E-state index contributed by atoms with van der Waals surface area (Å²) in [6, 6.07) is 10.4. The van der Waals surface area contributed by atoms with Gasteiger partial charge in [0.15, 0.2) is 14.6 Å². The minimum atomic E-state index is -3.64. The standard InChI is InChI=1S/C19H19N3O6S2/c1-3-21-16-9-4-13(22(24)25)12-17(16)29-19(21)20-18(23)10-11-30(26,27)15-7-5-14(28-2)6-8-15/h4-9,12H,3,10-11H2,1-2H3. The topological polar surface area (TPSA) is 121 Å². The average Bonchev–Trinajstić information content (AvgIpc) is 3.08. The molecule has 2 aromatic carbocycles. The van der Waals surface area contributed by atoms with E-state index in [4.69, 9.17) is 4.74 Å². The number of methoxy groups -OCH3 is 1. The molecule has 0 saturated carbocycles. The van der Waals surface area contributed by atoms with E-state index in [2.05, 4.69) is 4.99 Å². The minimum absolute atomic E-state index is 0.0459. The molecule has 1 aromatic heterocycles. The molecular formula is C19H19N3O6S2. The van der Waals surface area contributed by atoms with E-state index >= 15 is 0 Å². The quantitative estimate of drug-likeness (QED) is 0.404. The summed E-state index contributed by atoms with van der Waals surface area (Å²) in [6.07, 6.45) is -0.271. The molecule has 0 spiro atoms. The zero-order valence-corrected chi connectivity index (χ0v) is 17.9. The Hall–Kier alpha value is -3.05. The van der Waals surface area contributed by atoms with Gasteiger partial charge in [0.05, 0.1) is 32.9 Å². The van der Waals surface area contributed by atoms with E-state index in [1.54, 1.807) is 22.8 Å². The number of amides is 1. The Morgan fingerprint density at radius 3 is 2.53 bits per heavy atom. The number of carbonyl (C=O) groups excluding carboxylic acids is 1. The van der Waals surface area contributed by atoms with Crippen molar-refractivity contribution in [2.24, 2.45) is 4.99 Å². The van der Waals surface area contributed by atoms with Crippen LogP contribution in [0.1, 0.15) is 13.3 Å². The summed E-state index contributed by atoms with van der Waals surface area (Å²) in [5, 5.41) is 11.0. The maximum atomic E-state index is 12.5. The Labute approximate surface area is 176 Å². The number of benzene rings is 2. The molecule has 3 aromatic rings. The molecule has 3 rings (SSSR count). The van der Waals surface area contributed by atoms with Crippen LogP contribution in [0.5, 0.6) is 5.75 Å². The molecule has 30 heavy (non-hydrogen) atoms. The SMILES string of the molecule is CCn1c(=NC(=O)CCS(=O)(=O)c2ccc(OC)cc2)sc2cc([N+](=O)[O-])ccc21. The van der Waals surface area contributed by atoms with E-state index in [0.29, 0.717) is 21.8 Å². The number of thiazole rings is 1. The third-order valence-corrected chi connectivity index (χ3v) is 7.19. The van der Waals surface area contributed by atoms with Crippen LogP contribution < -0.4 is 9.54 Å². The van der Waals surface area contributed by atoms with Crippen LogP contribution in [-0.2, 0) is 21.2 Å². The molecule has 0 unspecified atom stereocenters. The highest BCUT2D eigenvalue weighted by molar-refractivity contribution is 7.91. The van der Waals surface area contributed by atoms with Crippen LogP contribution in [0.4, 0.5) is 5.69 Å². The molecule has 0 aliphatic rings. The maximum Gasteiger partial charge on any atom is 0.270 e. The maximum absolute atomic E-state index is 12.5. The number of hydrogen-bond acceptors (Lipinski definition) is 7. The van der Waals surface area contributed by atoms with E-state index < -0.39 is 20.7 Å². The molecule has 0 fully saturated rings. The zero-order valence-electron chi connectivity index (χ0n) is 16.3. The van der Waals surface area contributed by atoms with Crippen molar-refractivity contribution in [2.45, 2.75) is 24.8 Å². The summed E-state index contributed by atoms with van der Waals surface area (Å²) < 4.78 is 32.3. The molecule has 9 nitrogen and oxygen atoms in total. The zero-order chi connectivity index (χ0) is 21.9. The van der Waals surface area contributed by atoms with Crippen LogP contribution in [-0.4, -0.2) is 36.7 Å². The first kappa shape index (κ1) is 21.7. The number of nitro groups is 1. The van der Waals surface area contributed by atoms with Crippen LogP contribution in [0.3, 0.4) is 0 Å². The Morgan fingerprint density at radius 2 is 1.93 bits per heavy atom. The van der Waals surface area contributed by atoms with Crippen LogP contribution >= 0.6 is 11.3 Å². The van der Waals surface area contributed by atoms with Gasteiger partial charge in [-0.05, 0) is 37.3 Å². The number of hydrogen-bond donors (Lipinski definition) is 0. The number of aryl methyl sites for hydroxylation is 1. The third-order valence-electron chi connectivity index (χ3n) is 4.42. The van der Waals surface area contributed by atoms with Gasteiger partial charge < -0.3 is 9.30 Å². The van der Waals surface area contributed by atoms with Gasteiger partial charge in [-0.25, -0.2) is 8.42 Å². The Morgan fingerprint density at radius 1 is 1.23 bits per heavy atom. The molecule has 0 N–H and O–H groups in total. The minimum Gasteiger partial charge on any atom is -0.497 e. The normalized spacial score (nSPS) is 12.3. The van der Waals surface area contributed by atoms with Gasteiger partial charge in [-0.2, -0.15) is 4.99 Å². The molecule has 0 aliphatic carbocycles. The number of ether oxygens (including phenoxy) is 1. The molecule has 0 saturated heterocycles. The van der Waals surface area contributed by atoms with Gasteiger partial charge in [-0.1, -0.05) is 11.3 Å². The second-order valence-electron chi connectivity index (χ2n) is 6.29. The second-order valence-corrected chi connectivity index (χ2v) is 9.41. The van der Waals surface area contributed by atoms with Crippen molar-refractivity contribution in [3.63, 3.8) is 0 Å². The number of rotatable bonds is 7. The highest BCUT2D eigenvalue weighted by Crippen LogP contribution is 2.23. The van der Waals surface area contributed by atoms with Crippen LogP contribution in [0.2, 0.25) is 0 Å². The molecule has 1 amide bonds. The molecule has 0 aliphatic heterocycles. The highest BCUT2D eigenvalue weighted by Gasteiger charge is 2.17. The van der Waals surface area contributed by atoms with E-state index in [-0.39, 0.29) is 22.8 Å². The lowest BCUT2D eigenvalue weighted by molar-refractivity contribution is -0.384. The van der Waals surface area contributed by atoms with Crippen molar-refractivity contribution in [3.8, 4) is 5.75 Å². The van der Waals surface area contributed by atoms with E-state index in [0.717, 1.165) is 16.9 Å².